The van der Waals surface area contributed by atoms with Crippen LogP contribution in [0, 0.1) is 0 Å². The lowest BCUT2D eigenvalue weighted by Crippen LogP contribution is -2.49. The number of carbonyl (C=O) groups excluding carboxylic acids is 2. The first-order chi connectivity index (χ1) is 13.1. The molecule has 8 heteroatoms. The van der Waals surface area contributed by atoms with Crippen LogP contribution in [0.5, 0.6) is 0 Å². The molecule has 1 aliphatic rings. The van der Waals surface area contributed by atoms with Gasteiger partial charge in [0.25, 0.3) is 5.91 Å². The molecule has 1 aliphatic heterocycles. The third kappa shape index (κ3) is 3.61. The van der Waals surface area contributed by atoms with E-state index in [-0.39, 0.29) is 11.7 Å². The molecule has 1 saturated heterocycles. The maximum atomic E-state index is 12.4. The number of carbonyl (C=O) groups is 2. The van der Waals surface area contributed by atoms with Crippen molar-refractivity contribution in [2.75, 3.05) is 31.1 Å². The van der Waals surface area contributed by atoms with Crippen molar-refractivity contribution < 1.29 is 14.0 Å². The lowest BCUT2D eigenvalue weighted by molar-refractivity contribution is 0.0714. The quantitative estimate of drug-likeness (QED) is 0.646. The summed E-state index contributed by atoms with van der Waals surface area (Å²) in [5.74, 6) is 1.16. The molecule has 0 N–H and O–H groups in total. The van der Waals surface area contributed by atoms with Gasteiger partial charge in [-0.1, -0.05) is 0 Å². The number of furan rings is 1. The van der Waals surface area contributed by atoms with Gasteiger partial charge in [-0.2, -0.15) is 0 Å². The van der Waals surface area contributed by atoms with Crippen LogP contribution in [0.1, 0.15) is 27.2 Å². The van der Waals surface area contributed by atoms with Gasteiger partial charge in [0.1, 0.15) is 12.1 Å². The monoisotopic (exact) mass is 382 g/mol. The number of rotatable bonds is 4. The van der Waals surface area contributed by atoms with Gasteiger partial charge in [-0.05, 0) is 31.2 Å². The minimum absolute atomic E-state index is 0.0536. The molecule has 138 valence electrons. The number of aromatic nitrogens is 2. The van der Waals surface area contributed by atoms with Crippen molar-refractivity contribution in [3.8, 4) is 10.6 Å². The van der Waals surface area contributed by atoms with E-state index in [1.165, 1.54) is 23.9 Å². The first-order valence-corrected chi connectivity index (χ1v) is 9.44. The molecule has 0 aliphatic carbocycles. The smallest absolute Gasteiger partial charge is 0.289 e. The molecule has 3 aromatic heterocycles. The Hall–Kier alpha value is -3.00. The highest BCUT2D eigenvalue weighted by molar-refractivity contribution is 7.17. The average molecular weight is 382 g/mol. The van der Waals surface area contributed by atoms with Crippen molar-refractivity contribution in [2.45, 2.75) is 6.92 Å². The molecule has 0 radical (unpaired) electrons. The van der Waals surface area contributed by atoms with E-state index in [4.69, 9.17) is 4.42 Å². The van der Waals surface area contributed by atoms with Gasteiger partial charge in [0.05, 0.1) is 21.7 Å². The number of anilines is 1. The standard InChI is InChI=1S/C19H18N4O3S/c1-13(24)16-4-5-17(27-16)14-11-18(21-12-20-14)22-6-8-23(9-7-22)19(25)15-3-2-10-26-15/h2-5,10-12H,6-9H2,1H3. The Morgan fingerprint density at radius 2 is 1.93 bits per heavy atom. The van der Waals surface area contributed by atoms with Crippen molar-refractivity contribution >= 4 is 28.8 Å². The van der Waals surface area contributed by atoms with E-state index in [0.29, 0.717) is 31.9 Å². The van der Waals surface area contributed by atoms with Gasteiger partial charge in [-0.25, -0.2) is 9.97 Å². The van der Waals surface area contributed by atoms with E-state index < -0.39 is 0 Å². The molecule has 3 aromatic rings. The number of hydrogen-bond donors (Lipinski definition) is 0. The zero-order valence-corrected chi connectivity index (χ0v) is 15.6. The molecule has 4 heterocycles. The van der Waals surface area contributed by atoms with Gasteiger partial charge in [-0.15, -0.1) is 11.3 Å². The van der Waals surface area contributed by atoms with E-state index in [9.17, 15) is 9.59 Å². The normalized spacial score (nSPS) is 14.4. The summed E-state index contributed by atoms with van der Waals surface area (Å²) in [5, 5.41) is 0. The van der Waals surface area contributed by atoms with Gasteiger partial charge >= 0.3 is 0 Å². The predicted octanol–water partition coefficient (Wildman–Crippen LogP) is 2.96. The molecule has 0 saturated carbocycles. The van der Waals surface area contributed by atoms with Crippen molar-refractivity contribution in [3.05, 3.63) is 53.6 Å². The van der Waals surface area contributed by atoms with Gasteiger partial charge in [0.15, 0.2) is 11.5 Å². The minimum Gasteiger partial charge on any atom is -0.459 e. The molecular weight excluding hydrogens is 364 g/mol. The van der Waals surface area contributed by atoms with Crippen molar-refractivity contribution in [1.29, 1.82) is 0 Å². The number of nitrogens with zero attached hydrogens (tertiary/aromatic N) is 4. The lowest BCUT2D eigenvalue weighted by Gasteiger charge is -2.35. The molecule has 7 nitrogen and oxygen atoms in total. The van der Waals surface area contributed by atoms with Crippen LogP contribution in [-0.4, -0.2) is 52.7 Å². The van der Waals surface area contributed by atoms with Crippen LogP contribution in [0.25, 0.3) is 10.6 Å². The molecule has 0 bridgehead atoms. The molecule has 0 unspecified atom stereocenters. The van der Waals surface area contributed by atoms with Crippen molar-refractivity contribution in [2.24, 2.45) is 0 Å². The Morgan fingerprint density at radius 1 is 1.11 bits per heavy atom. The lowest BCUT2D eigenvalue weighted by atomic mass is 10.2. The molecule has 27 heavy (non-hydrogen) atoms. The fraction of sp³-hybridized carbons (Fsp3) is 0.263. The zero-order chi connectivity index (χ0) is 18.8. The maximum absolute atomic E-state index is 12.4. The van der Waals surface area contributed by atoms with Crippen LogP contribution in [0.4, 0.5) is 5.82 Å². The average Bonchev–Trinajstić information content (AvgIpc) is 3.40. The molecule has 4 rings (SSSR count). The summed E-state index contributed by atoms with van der Waals surface area (Å²) < 4.78 is 5.20. The first kappa shape index (κ1) is 17.4. The van der Waals surface area contributed by atoms with Crippen molar-refractivity contribution in [1.82, 2.24) is 14.9 Å². The van der Waals surface area contributed by atoms with E-state index in [1.54, 1.807) is 24.0 Å². The second-order valence-corrected chi connectivity index (χ2v) is 7.32. The fourth-order valence-electron chi connectivity index (χ4n) is 3.01. The Morgan fingerprint density at radius 3 is 2.59 bits per heavy atom. The summed E-state index contributed by atoms with van der Waals surface area (Å²) in [7, 11) is 0. The number of amides is 1. The van der Waals surface area contributed by atoms with E-state index >= 15 is 0 Å². The Bertz CT molecular complexity index is 959. The minimum atomic E-state index is -0.0848. The van der Waals surface area contributed by atoms with Crippen LogP contribution in [0.3, 0.4) is 0 Å². The van der Waals surface area contributed by atoms with Gasteiger partial charge in [0.2, 0.25) is 0 Å². The van der Waals surface area contributed by atoms with Crippen LogP contribution in [0.15, 0.2) is 47.3 Å². The number of hydrogen-bond acceptors (Lipinski definition) is 7. The van der Waals surface area contributed by atoms with Gasteiger partial charge < -0.3 is 14.2 Å². The summed E-state index contributed by atoms with van der Waals surface area (Å²) in [4.78, 5) is 38.2. The Balaban J connectivity index is 1.45. The molecule has 0 spiro atoms. The van der Waals surface area contributed by atoms with Crippen LogP contribution < -0.4 is 4.90 Å². The maximum Gasteiger partial charge on any atom is 0.289 e. The molecule has 0 atom stereocenters. The SMILES string of the molecule is CC(=O)c1ccc(-c2cc(N3CCN(C(=O)c4ccco4)CC3)ncn2)s1. The number of thiophene rings is 1. The number of piperazine rings is 1. The van der Waals surface area contributed by atoms with Crippen molar-refractivity contribution in [3.63, 3.8) is 0 Å². The first-order valence-electron chi connectivity index (χ1n) is 8.63. The third-order valence-corrected chi connectivity index (χ3v) is 5.69. The highest BCUT2D eigenvalue weighted by Crippen LogP contribution is 2.28. The fourth-order valence-corrected chi connectivity index (χ4v) is 3.88. The summed E-state index contributed by atoms with van der Waals surface area (Å²) >= 11 is 1.43. The third-order valence-electron chi connectivity index (χ3n) is 4.48. The van der Waals surface area contributed by atoms with Crippen LogP contribution in [-0.2, 0) is 0 Å². The summed E-state index contributed by atoms with van der Waals surface area (Å²) in [5.41, 5.74) is 0.798. The summed E-state index contributed by atoms with van der Waals surface area (Å²) in [6.45, 7) is 4.14. The zero-order valence-electron chi connectivity index (χ0n) is 14.8. The Labute approximate surface area is 160 Å². The highest BCUT2D eigenvalue weighted by Gasteiger charge is 2.24. The summed E-state index contributed by atoms with van der Waals surface area (Å²) in [6.07, 6.45) is 3.05. The topological polar surface area (TPSA) is 79.5 Å². The summed E-state index contributed by atoms with van der Waals surface area (Å²) in [6, 6.07) is 9.06. The molecular formula is C19H18N4O3S. The number of Topliss-reactive ketones (excluding diaryl/α,β-unsaturated/α-hetero) is 1. The van der Waals surface area contributed by atoms with E-state index in [2.05, 4.69) is 14.9 Å². The second kappa shape index (κ2) is 7.32. The molecule has 1 fully saturated rings. The van der Waals surface area contributed by atoms with E-state index in [0.717, 1.165) is 21.3 Å². The number of ketones is 1. The largest absolute Gasteiger partial charge is 0.459 e. The van der Waals surface area contributed by atoms with Gasteiger partial charge in [0, 0.05) is 32.2 Å². The second-order valence-electron chi connectivity index (χ2n) is 6.24. The van der Waals surface area contributed by atoms with Gasteiger partial charge in [-0.3, -0.25) is 9.59 Å². The van der Waals surface area contributed by atoms with E-state index in [1.807, 2.05) is 18.2 Å². The molecule has 1 amide bonds. The Kier molecular flexibility index (Phi) is 4.72. The highest BCUT2D eigenvalue weighted by atomic mass is 32.1. The van der Waals surface area contributed by atoms with Crippen LogP contribution >= 0.6 is 11.3 Å². The van der Waals surface area contributed by atoms with Crippen LogP contribution in [0.2, 0.25) is 0 Å². The predicted molar refractivity (Wildman–Crippen MR) is 102 cm³/mol. The molecule has 0 aromatic carbocycles.